The SMILES string of the molecule is Cc1ccc(OCC(=O)NC23CC(c4nnc(Oc5ccccc5Cl)o4)(C2)C3)cc1F. The summed E-state index contributed by atoms with van der Waals surface area (Å²) in [6.45, 7) is 1.49. The fraction of sp³-hybridized carbons (Fsp3) is 0.318. The van der Waals surface area contributed by atoms with Crippen LogP contribution in [0.2, 0.25) is 5.02 Å². The molecule has 3 aromatic rings. The van der Waals surface area contributed by atoms with Gasteiger partial charge in [-0.15, -0.1) is 5.10 Å². The van der Waals surface area contributed by atoms with Gasteiger partial charge in [-0.05, 0) is 49.9 Å². The Kier molecular flexibility index (Phi) is 4.62. The van der Waals surface area contributed by atoms with Crippen LogP contribution in [-0.4, -0.2) is 28.3 Å². The Balaban J connectivity index is 1.14. The van der Waals surface area contributed by atoms with Gasteiger partial charge in [-0.2, -0.15) is 0 Å². The van der Waals surface area contributed by atoms with Crippen LogP contribution in [0.15, 0.2) is 46.9 Å². The molecule has 6 rings (SSSR count). The molecule has 1 aromatic heterocycles. The summed E-state index contributed by atoms with van der Waals surface area (Å²) >= 11 is 6.08. The van der Waals surface area contributed by atoms with Crippen LogP contribution in [0.4, 0.5) is 4.39 Å². The number of nitrogens with zero attached hydrogens (tertiary/aromatic N) is 2. The first-order chi connectivity index (χ1) is 14.9. The predicted molar refractivity (Wildman–Crippen MR) is 109 cm³/mol. The standard InChI is InChI=1S/C22H19ClFN3O4/c1-13-6-7-14(8-16(13)24)29-9-18(28)25-22-10-21(11-22,12-22)19-26-27-20(31-19)30-17-5-3-2-4-15(17)23/h2-8H,9-12H2,1H3,(H,25,28). The predicted octanol–water partition coefficient (Wildman–Crippen LogP) is 4.33. The third kappa shape index (κ3) is 3.61. The minimum atomic E-state index is -0.364. The summed E-state index contributed by atoms with van der Waals surface area (Å²) in [5, 5.41) is 11.5. The molecule has 1 amide bonds. The molecule has 3 saturated carbocycles. The molecule has 0 spiro atoms. The molecule has 3 aliphatic rings. The highest BCUT2D eigenvalue weighted by atomic mass is 35.5. The zero-order chi connectivity index (χ0) is 21.6. The molecule has 31 heavy (non-hydrogen) atoms. The first-order valence-corrected chi connectivity index (χ1v) is 10.2. The van der Waals surface area contributed by atoms with Crippen molar-refractivity contribution in [2.45, 2.75) is 37.1 Å². The molecular formula is C22H19ClFN3O4. The van der Waals surface area contributed by atoms with E-state index in [1.165, 1.54) is 6.07 Å². The van der Waals surface area contributed by atoms with E-state index in [1.807, 2.05) is 0 Å². The number of rotatable bonds is 7. The lowest BCUT2D eigenvalue weighted by molar-refractivity contribution is -0.143. The number of amides is 1. The van der Waals surface area contributed by atoms with Crippen LogP contribution in [0.3, 0.4) is 0 Å². The second-order valence-electron chi connectivity index (χ2n) is 8.24. The third-order valence-electron chi connectivity index (χ3n) is 5.84. The highest BCUT2D eigenvalue weighted by Crippen LogP contribution is 2.67. The second kappa shape index (κ2) is 7.23. The van der Waals surface area contributed by atoms with Gasteiger partial charge in [-0.25, -0.2) is 4.39 Å². The summed E-state index contributed by atoms with van der Waals surface area (Å²) in [7, 11) is 0. The maximum atomic E-state index is 13.6. The molecule has 3 fully saturated rings. The van der Waals surface area contributed by atoms with Crippen molar-refractivity contribution in [3.63, 3.8) is 0 Å². The Bertz CT molecular complexity index is 1150. The van der Waals surface area contributed by atoms with E-state index < -0.39 is 0 Å². The van der Waals surface area contributed by atoms with Crippen molar-refractivity contribution in [1.82, 2.24) is 15.5 Å². The maximum absolute atomic E-state index is 13.6. The zero-order valence-corrected chi connectivity index (χ0v) is 17.4. The molecule has 1 heterocycles. The fourth-order valence-electron chi connectivity index (χ4n) is 4.38. The van der Waals surface area contributed by atoms with Crippen LogP contribution >= 0.6 is 11.6 Å². The maximum Gasteiger partial charge on any atom is 0.420 e. The summed E-state index contributed by atoms with van der Waals surface area (Å²) < 4.78 is 30.2. The van der Waals surface area contributed by atoms with Gasteiger partial charge >= 0.3 is 6.08 Å². The van der Waals surface area contributed by atoms with Gasteiger partial charge in [0.15, 0.2) is 12.4 Å². The lowest BCUT2D eigenvalue weighted by Crippen LogP contribution is -2.77. The largest absolute Gasteiger partial charge is 0.484 e. The van der Waals surface area contributed by atoms with Crippen LogP contribution in [0, 0.1) is 12.7 Å². The molecular weight excluding hydrogens is 425 g/mol. The van der Waals surface area contributed by atoms with Gasteiger partial charge in [0.2, 0.25) is 5.89 Å². The average Bonchev–Trinajstić information content (AvgIpc) is 3.14. The van der Waals surface area contributed by atoms with Crippen molar-refractivity contribution >= 4 is 17.5 Å². The van der Waals surface area contributed by atoms with E-state index >= 15 is 0 Å². The molecule has 1 N–H and O–H groups in total. The number of carbonyl (C=O) groups is 1. The number of hydrogen-bond donors (Lipinski definition) is 1. The number of carbonyl (C=O) groups excluding carboxylic acids is 1. The molecule has 0 aliphatic heterocycles. The van der Waals surface area contributed by atoms with Gasteiger partial charge in [0.05, 0.1) is 10.4 Å². The van der Waals surface area contributed by atoms with Crippen molar-refractivity contribution in [1.29, 1.82) is 0 Å². The van der Waals surface area contributed by atoms with Crippen molar-refractivity contribution in [2.24, 2.45) is 0 Å². The summed E-state index contributed by atoms with van der Waals surface area (Å²) in [4.78, 5) is 12.3. The van der Waals surface area contributed by atoms with Crippen molar-refractivity contribution in [3.05, 3.63) is 64.8 Å². The van der Waals surface area contributed by atoms with Crippen LogP contribution in [0.5, 0.6) is 17.6 Å². The van der Waals surface area contributed by atoms with Gasteiger partial charge in [-0.1, -0.05) is 34.9 Å². The van der Waals surface area contributed by atoms with Gasteiger partial charge < -0.3 is 19.2 Å². The monoisotopic (exact) mass is 443 g/mol. The van der Waals surface area contributed by atoms with Gasteiger partial charge in [0, 0.05) is 11.6 Å². The summed E-state index contributed by atoms with van der Waals surface area (Å²) in [5.41, 5.74) is 0.0120. The number of benzene rings is 2. The normalized spacial score (nSPS) is 23.5. The highest BCUT2D eigenvalue weighted by molar-refractivity contribution is 6.32. The Hall–Kier alpha value is -3.13. The van der Waals surface area contributed by atoms with Crippen molar-refractivity contribution < 1.29 is 23.1 Å². The first kappa shape index (κ1) is 19.8. The van der Waals surface area contributed by atoms with E-state index in [1.54, 1.807) is 43.3 Å². The lowest BCUT2D eigenvalue weighted by Gasteiger charge is -2.68. The van der Waals surface area contributed by atoms with Crippen LogP contribution in [0.25, 0.3) is 0 Å². The first-order valence-electron chi connectivity index (χ1n) is 9.83. The van der Waals surface area contributed by atoms with Crippen molar-refractivity contribution in [3.8, 4) is 17.6 Å². The van der Waals surface area contributed by atoms with Crippen molar-refractivity contribution in [2.75, 3.05) is 6.61 Å². The fourth-order valence-corrected chi connectivity index (χ4v) is 4.55. The van der Waals surface area contributed by atoms with Gasteiger partial charge in [-0.3, -0.25) is 4.79 Å². The summed E-state index contributed by atoms with van der Waals surface area (Å²) in [6.07, 6.45) is 2.15. The van der Waals surface area contributed by atoms with E-state index in [-0.39, 0.29) is 35.4 Å². The quantitative estimate of drug-likeness (QED) is 0.584. The van der Waals surface area contributed by atoms with Crippen LogP contribution in [0.1, 0.15) is 30.7 Å². The Morgan fingerprint density at radius 3 is 2.74 bits per heavy atom. The minimum absolute atomic E-state index is 0.0321. The smallest absolute Gasteiger partial charge is 0.420 e. The third-order valence-corrected chi connectivity index (χ3v) is 6.15. The van der Waals surface area contributed by atoms with E-state index in [4.69, 9.17) is 25.5 Å². The minimum Gasteiger partial charge on any atom is -0.484 e. The Labute approximate surface area is 182 Å². The molecule has 2 aromatic carbocycles. The molecule has 0 unspecified atom stereocenters. The van der Waals surface area contributed by atoms with Crippen LogP contribution < -0.4 is 14.8 Å². The van der Waals surface area contributed by atoms with E-state index in [0.29, 0.717) is 47.2 Å². The molecule has 3 aliphatic carbocycles. The highest BCUT2D eigenvalue weighted by Gasteiger charge is 2.71. The Morgan fingerprint density at radius 2 is 2.00 bits per heavy atom. The van der Waals surface area contributed by atoms with Crippen LogP contribution in [-0.2, 0) is 10.2 Å². The number of aromatic nitrogens is 2. The lowest BCUT2D eigenvalue weighted by atomic mass is 9.39. The molecule has 160 valence electrons. The number of para-hydroxylation sites is 1. The second-order valence-corrected chi connectivity index (χ2v) is 8.65. The number of ether oxygens (including phenoxy) is 2. The zero-order valence-electron chi connectivity index (χ0n) is 16.7. The topological polar surface area (TPSA) is 86.5 Å². The van der Waals surface area contributed by atoms with E-state index in [2.05, 4.69) is 15.5 Å². The average molecular weight is 444 g/mol. The number of aryl methyl sites for hydroxylation is 1. The molecule has 0 radical (unpaired) electrons. The molecule has 9 heteroatoms. The van der Waals surface area contributed by atoms with Gasteiger partial charge in [0.25, 0.3) is 5.91 Å². The molecule has 7 nitrogen and oxygen atoms in total. The van der Waals surface area contributed by atoms with E-state index in [9.17, 15) is 9.18 Å². The van der Waals surface area contributed by atoms with Gasteiger partial charge in [0.1, 0.15) is 11.6 Å². The number of halogens is 2. The summed E-state index contributed by atoms with van der Waals surface area (Å²) in [6, 6.07) is 11.5. The number of hydrogen-bond acceptors (Lipinski definition) is 6. The summed E-state index contributed by atoms with van der Waals surface area (Å²) in [5.74, 6) is 0.648. The molecule has 0 atom stereocenters. The molecule has 0 saturated heterocycles. The molecule has 2 bridgehead atoms. The number of nitrogens with one attached hydrogen (secondary N) is 1. The Morgan fingerprint density at radius 1 is 1.23 bits per heavy atom. The van der Waals surface area contributed by atoms with E-state index in [0.717, 1.165) is 0 Å².